The van der Waals surface area contributed by atoms with Gasteiger partial charge in [0.15, 0.2) is 0 Å². The van der Waals surface area contributed by atoms with Crippen LogP contribution in [0.15, 0.2) is 24.5 Å². The molecule has 0 saturated carbocycles. The summed E-state index contributed by atoms with van der Waals surface area (Å²) in [4.78, 5) is 23.1. The fourth-order valence-corrected chi connectivity index (χ4v) is 3.70. The molecule has 0 aromatic carbocycles. The maximum absolute atomic E-state index is 12.0. The van der Waals surface area contributed by atoms with Gasteiger partial charge in [-0.2, -0.15) is 0 Å². The summed E-state index contributed by atoms with van der Waals surface area (Å²) in [5.41, 5.74) is 1.27. The van der Waals surface area contributed by atoms with Gasteiger partial charge in [0.05, 0.1) is 0 Å². The van der Waals surface area contributed by atoms with Gasteiger partial charge in [-0.1, -0.05) is 0 Å². The Morgan fingerprint density at radius 2 is 1.87 bits per heavy atom. The molecule has 0 bridgehead atoms. The lowest BCUT2D eigenvalue weighted by Crippen LogP contribution is -2.51. The molecule has 0 N–H and O–H groups in total. The summed E-state index contributed by atoms with van der Waals surface area (Å²) in [5.74, 6) is 0.960. The predicted octanol–water partition coefficient (Wildman–Crippen LogP) is 1.85. The number of piperazine rings is 1. The van der Waals surface area contributed by atoms with Crippen LogP contribution in [0.5, 0.6) is 0 Å². The predicted molar refractivity (Wildman–Crippen MR) is 92.5 cm³/mol. The van der Waals surface area contributed by atoms with Crippen molar-refractivity contribution < 1.29 is 4.79 Å². The molecule has 0 radical (unpaired) electrons. The van der Waals surface area contributed by atoms with E-state index in [0.29, 0.717) is 17.9 Å². The van der Waals surface area contributed by atoms with Crippen molar-refractivity contribution in [3.05, 3.63) is 24.5 Å². The van der Waals surface area contributed by atoms with Crippen LogP contribution >= 0.6 is 0 Å². The number of amides is 1. The minimum absolute atomic E-state index is 0.328. The molecule has 2 aliphatic rings. The van der Waals surface area contributed by atoms with Crippen LogP contribution in [0.3, 0.4) is 0 Å². The van der Waals surface area contributed by atoms with Crippen LogP contribution in [0.25, 0.3) is 0 Å². The molecule has 2 saturated heterocycles. The van der Waals surface area contributed by atoms with Crippen LogP contribution in [0, 0.1) is 5.92 Å². The summed E-state index contributed by atoms with van der Waals surface area (Å²) in [6, 6.07) is 4.50. The number of hydrogen-bond donors (Lipinski definition) is 0. The molecule has 1 atom stereocenters. The number of piperidine rings is 1. The average Bonchev–Trinajstić information content (AvgIpc) is 2.58. The van der Waals surface area contributed by atoms with Crippen LogP contribution in [0.2, 0.25) is 0 Å². The van der Waals surface area contributed by atoms with E-state index in [4.69, 9.17) is 0 Å². The second-order valence-electron chi connectivity index (χ2n) is 7.04. The summed E-state index contributed by atoms with van der Waals surface area (Å²) >= 11 is 0. The fraction of sp³-hybridized carbons (Fsp3) is 0.667. The molecular formula is C18H28N4O. The first-order valence-corrected chi connectivity index (χ1v) is 8.80. The molecule has 3 rings (SSSR count). The average molecular weight is 316 g/mol. The van der Waals surface area contributed by atoms with Gasteiger partial charge >= 0.3 is 0 Å². The monoisotopic (exact) mass is 316 g/mol. The zero-order valence-electron chi connectivity index (χ0n) is 14.3. The van der Waals surface area contributed by atoms with E-state index in [2.05, 4.69) is 45.7 Å². The van der Waals surface area contributed by atoms with E-state index in [1.807, 2.05) is 12.4 Å². The van der Waals surface area contributed by atoms with Gasteiger partial charge in [-0.05, 0) is 38.3 Å². The highest BCUT2D eigenvalue weighted by Crippen LogP contribution is 2.22. The van der Waals surface area contributed by atoms with E-state index in [-0.39, 0.29) is 0 Å². The molecule has 1 aromatic heterocycles. The number of anilines is 1. The second-order valence-corrected chi connectivity index (χ2v) is 7.04. The molecule has 2 fully saturated rings. The largest absolute Gasteiger partial charge is 0.369 e. The maximum atomic E-state index is 12.0. The number of likely N-dealkylation sites (tertiary alicyclic amines) is 1. The van der Waals surface area contributed by atoms with E-state index in [9.17, 15) is 4.79 Å². The first kappa shape index (κ1) is 16.2. The van der Waals surface area contributed by atoms with E-state index in [1.54, 1.807) is 0 Å². The van der Waals surface area contributed by atoms with Crippen molar-refractivity contribution in [3.8, 4) is 0 Å². The fourth-order valence-electron chi connectivity index (χ4n) is 3.70. The van der Waals surface area contributed by atoms with E-state index >= 15 is 0 Å². The quantitative estimate of drug-likeness (QED) is 0.850. The van der Waals surface area contributed by atoms with Crippen LogP contribution < -0.4 is 4.90 Å². The number of hydrogen-bond acceptors (Lipinski definition) is 4. The molecule has 0 aliphatic carbocycles. The SMILES string of the molecule is CC(C)N1CC(CN2CCN(c3ccncc3)CC2)CCC1=O. The molecule has 1 amide bonds. The molecule has 5 nitrogen and oxygen atoms in total. The highest BCUT2D eigenvalue weighted by atomic mass is 16.2. The van der Waals surface area contributed by atoms with Gasteiger partial charge in [-0.3, -0.25) is 14.7 Å². The lowest BCUT2D eigenvalue weighted by atomic mass is 9.95. The zero-order chi connectivity index (χ0) is 16.2. The lowest BCUT2D eigenvalue weighted by molar-refractivity contribution is -0.136. The Labute approximate surface area is 139 Å². The molecular weight excluding hydrogens is 288 g/mol. The van der Waals surface area contributed by atoms with Crippen molar-refractivity contribution in [3.63, 3.8) is 0 Å². The molecule has 3 heterocycles. The minimum atomic E-state index is 0.328. The summed E-state index contributed by atoms with van der Waals surface area (Å²) in [7, 11) is 0. The Balaban J connectivity index is 1.48. The van der Waals surface area contributed by atoms with E-state index in [1.165, 1.54) is 5.69 Å². The Kier molecular flexibility index (Phi) is 5.16. The van der Waals surface area contributed by atoms with E-state index < -0.39 is 0 Å². The molecule has 126 valence electrons. The minimum Gasteiger partial charge on any atom is -0.369 e. The maximum Gasteiger partial charge on any atom is 0.222 e. The summed E-state index contributed by atoms with van der Waals surface area (Å²) in [5, 5.41) is 0. The number of aromatic nitrogens is 1. The van der Waals surface area contributed by atoms with Crippen LogP contribution in [0.1, 0.15) is 26.7 Å². The third-order valence-electron chi connectivity index (χ3n) is 5.08. The molecule has 5 heteroatoms. The number of rotatable bonds is 4. The van der Waals surface area contributed by atoms with Gasteiger partial charge in [0.1, 0.15) is 0 Å². The molecule has 1 aromatic rings. The van der Waals surface area contributed by atoms with Gasteiger partial charge < -0.3 is 9.80 Å². The van der Waals surface area contributed by atoms with Crippen molar-refractivity contribution in [1.82, 2.24) is 14.8 Å². The highest BCUT2D eigenvalue weighted by molar-refractivity contribution is 5.77. The molecule has 2 aliphatic heterocycles. The first-order chi connectivity index (χ1) is 11.1. The van der Waals surface area contributed by atoms with Crippen molar-refractivity contribution >= 4 is 11.6 Å². The van der Waals surface area contributed by atoms with Crippen molar-refractivity contribution in [1.29, 1.82) is 0 Å². The standard InChI is InChI=1S/C18H28N4O/c1-15(2)22-14-16(3-4-18(22)23)13-20-9-11-21(12-10-20)17-5-7-19-8-6-17/h5-8,15-16H,3-4,9-14H2,1-2H3. The Bertz CT molecular complexity index is 511. The smallest absolute Gasteiger partial charge is 0.222 e. The summed E-state index contributed by atoms with van der Waals surface area (Å²) in [6.07, 6.45) is 5.49. The van der Waals surface area contributed by atoms with Crippen molar-refractivity contribution in [2.24, 2.45) is 5.92 Å². The van der Waals surface area contributed by atoms with Gasteiger partial charge in [0.2, 0.25) is 5.91 Å². The number of nitrogens with zero attached hydrogens (tertiary/aromatic N) is 4. The Morgan fingerprint density at radius 3 is 2.52 bits per heavy atom. The molecule has 23 heavy (non-hydrogen) atoms. The number of carbonyl (C=O) groups excluding carboxylic acids is 1. The third kappa shape index (κ3) is 4.02. The van der Waals surface area contributed by atoms with Crippen molar-refractivity contribution in [2.75, 3.05) is 44.2 Å². The topological polar surface area (TPSA) is 39.7 Å². The molecule has 1 unspecified atom stereocenters. The normalized spacial score (nSPS) is 23.6. The van der Waals surface area contributed by atoms with E-state index in [0.717, 1.165) is 52.1 Å². The third-order valence-corrected chi connectivity index (χ3v) is 5.08. The lowest BCUT2D eigenvalue weighted by Gasteiger charge is -2.40. The summed E-state index contributed by atoms with van der Waals surface area (Å²) in [6.45, 7) is 10.7. The summed E-state index contributed by atoms with van der Waals surface area (Å²) < 4.78 is 0. The van der Waals surface area contributed by atoms with Gasteiger partial charge in [-0.15, -0.1) is 0 Å². The Hall–Kier alpha value is -1.62. The van der Waals surface area contributed by atoms with Crippen molar-refractivity contribution in [2.45, 2.75) is 32.7 Å². The first-order valence-electron chi connectivity index (χ1n) is 8.80. The second kappa shape index (κ2) is 7.30. The van der Waals surface area contributed by atoms with Gasteiger partial charge in [0, 0.05) is 69.8 Å². The number of carbonyl (C=O) groups is 1. The highest BCUT2D eigenvalue weighted by Gasteiger charge is 2.29. The van der Waals surface area contributed by atoms with Gasteiger partial charge in [-0.25, -0.2) is 0 Å². The zero-order valence-corrected chi connectivity index (χ0v) is 14.3. The van der Waals surface area contributed by atoms with Crippen LogP contribution in [-0.2, 0) is 4.79 Å². The molecule has 0 spiro atoms. The van der Waals surface area contributed by atoms with Crippen LogP contribution in [0.4, 0.5) is 5.69 Å². The Morgan fingerprint density at radius 1 is 1.17 bits per heavy atom. The van der Waals surface area contributed by atoms with Crippen LogP contribution in [-0.4, -0.2) is 66.0 Å². The number of pyridine rings is 1. The van der Waals surface area contributed by atoms with Gasteiger partial charge in [0.25, 0.3) is 0 Å².